The van der Waals surface area contributed by atoms with Crippen molar-refractivity contribution in [1.82, 2.24) is 10.5 Å². The van der Waals surface area contributed by atoms with E-state index in [2.05, 4.69) is 4.98 Å². The van der Waals surface area contributed by atoms with Crippen LogP contribution in [0.25, 0.3) is 0 Å². The number of hydroxylamine groups is 1. The average Bonchev–Trinajstić information content (AvgIpc) is 3.03. The van der Waals surface area contributed by atoms with E-state index >= 15 is 0 Å². The summed E-state index contributed by atoms with van der Waals surface area (Å²) in [4.78, 5) is 16.6. The predicted octanol–water partition coefficient (Wildman–Crippen LogP) is 3.38. The van der Waals surface area contributed by atoms with Crippen LogP contribution in [0.4, 0.5) is 8.78 Å². The van der Waals surface area contributed by atoms with Crippen LogP contribution >= 0.6 is 0 Å². The van der Waals surface area contributed by atoms with Crippen molar-refractivity contribution in [1.29, 1.82) is 0 Å². The lowest BCUT2D eigenvalue weighted by atomic mass is 9.75. The first-order chi connectivity index (χ1) is 11.5. The highest BCUT2D eigenvalue weighted by atomic mass is 19.1. The minimum atomic E-state index is -1.03. The lowest BCUT2D eigenvalue weighted by Gasteiger charge is -2.29. The number of hydrogen-bond acceptors (Lipinski definition) is 3. The molecule has 1 aliphatic carbocycles. The van der Waals surface area contributed by atoms with Crippen LogP contribution in [0, 0.1) is 18.6 Å². The smallest absolute Gasteiger partial charge is 0.254 e. The Labute approximate surface area is 138 Å². The van der Waals surface area contributed by atoms with E-state index in [1.54, 1.807) is 30.6 Å². The molecule has 6 heteroatoms. The number of carbonyl (C=O) groups is 1. The molecule has 0 aliphatic heterocycles. The molecular weight excluding hydrogens is 314 g/mol. The Morgan fingerprint density at radius 3 is 2.79 bits per heavy atom. The molecule has 1 heterocycles. The molecule has 0 saturated heterocycles. The summed E-state index contributed by atoms with van der Waals surface area (Å²) < 4.78 is 27.1. The van der Waals surface area contributed by atoms with Crippen LogP contribution in [0.15, 0.2) is 36.5 Å². The van der Waals surface area contributed by atoms with Gasteiger partial charge in [-0.3, -0.25) is 15.0 Å². The summed E-state index contributed by atoms with van der Waals surface area (Å²) in [6, 6.07) is 7.56. The maximum Gasteiger partial charge on any atom is 0.254 e. The highest BCUT2D eigenvalue weighted by Gasteiger charge is 2.48. The number of rotatable bonds is 3. The summed E-state index contributed by atoms with van der Waals surface area (Å²) in [5.41, 5.74) is 2.36. The molecule has 3 rings (SSSR count). The molecule has 2 atom stereocenters. The zero-order valence-electron chi connectivity index (χ0n) is 13.2. The third-order valence-electron chi connectivity index (χ3n) is 5.00. The number of pyridine rings is 1. The monoisotopic (exact) mass is 332 g/mol. The Morgan fingerprint density at radius 1 is 1.33 bits per heavy atom. The van der Waals surface area contributed by atoms with Gasteiger partial charge in [-0.05, 0) is 55.5 Å². The maximum atomic E-state index is 14.0. The van der Waals surface area contributed by atoms with Crippen molar-refractivity contribution in [3.8, 4) is 0 Å². The number of benzene rings is 1. The third kappa shape index (κ3) is 2.67. The van der Waals surface area contributed by atoms with E-state index in [-0.39, 0.29) is 11.7 Å². The number of aromatic nitrogens is 1. The molecule has 1 aliphatic rings. The Bertz CT molecular complexity index is 764. The van der Waals surface area contributed by atoms with Crippen LogP contribution in [0.3, 0.4) is 0 Å². The van der Waals surface area contributed by atoms with Crippen LogP contribution in [0.5, 0.6) is 0 Å². The van der Waals surface area contributed by atoms with Crippen LogP contribution in [0.2, 0.25) is 0 Å². The summed E-state index contributed by atoms with van der Waals surface area (Å²) in [6.45, 7) is 1.63. The predicted molar refractivity (Wildman–Crippen MR) is 83.5 cm³/mol. The molecule has 1 fully saturated rings. The molecule has 1 amide bonds. The fraction of sp³-hybridized carbons (Fsp3) is 0.333. The summed E-state index contributed by atoms with van der Waals surface area (Å²) in [6.07, 6.45) is 2.62. The van der Waals surface area contributed by atoms with Gasteiger partial charge in [-0.25, -0.2) is 14.3 Å². The fourth-order valence-corrected chi connectivity index (χ4v) is 3.73. The van der Waals surface area contributed by atoms with Gasteiger partial charge in [0.25, 0.3) is 5.91 Å². The highest BCUT2D eigenvalue weighted by molar-refractivity contribution is 5.88. The van der Waals surface area contributed by atoms with E-state index < -0.39 is 17.1 Å². The van der Waals surface area contributed by atoms with Crippen molar-refractivity contribution >= 4 is 5.91 Å². The quantitative estimate of drug-likeness (QED) is 0.669. The van der Waals surface area contributed by atoms with Gasteiger partial charge in [0.1, 0.15) is 11.6 Å². The van der Waals surface area contributed by atoms with Gasteiger partial charge in [0, 0.05) is 11.6 Å². The van der Waals surface area contributed by atoms with Crippen molar-refractivity contribution in [3.05, 3.63) is 65.0 Å². The van der Waals surface area contributed by atoms with E-state index in [1.807, 2.05) is 0 Å². The zero-order chi connectivity index (χ0) is 17.3. The van der Waals surface area contributed by atoms with Crippen LogP contribution in [-0.4, -0.2) is 16.1 Å². The number of carbonyl (C=O) groups excluding carboxylic acids is 1. The first-order valence-corrected chi connectivity index (χ1v) is 7.79. The molecule has 126 valence electrons. The molecule has 2 aromatic rings. The van der Waals surface area contributed by atoms with Crippen LogP contribution in [-0.2, 0) is 10.2 Å². The molecule has 0 spiro atoms. The molecule has 1 saturated carbocycles. The van der Waals surface area contributed by atoms with E-state index in [0.717, 1.165) is 6.20 Å². The summed E-state index contributed by atoms with van der Waals surface area (Å²) >= 11 is 0. The largest absolute Gasteiger partial charge is 0.289 e. The van der Waals surface area contributed by atoms with Gasteiger partial charge in [-0.15, -0.1) is 0 Å². The normalized spacial score (nSPS) is 23.2. The van der Waals surface area contributed by atoms with Gasteiger partial charge in [0.05, 0.1) is 11.6 Å². The number of nitrogens with zero attached hydrogens (tertiary/aromatic N) is 1. The molecule has 1 unspecified atom stereocenters. The molecule has 0 radical (unpaired) electrons. The summed E-state index contributed by atoms with van der Waals surface area (Å²) in [7, 11) is 0. The molecule has 0 bridgehead atoms. The Balaban J connectivity index is 2.01. The summed E-state index contributed by atoms with van der Waals surface area (Å²) in [5, 5.41) is 9.22. The van der Waals surface area contributed by atoms with Gasteiger partial charge < -0.3 is 0 Å². The van der Waals surface area contributed by atoms with Gasteiger partial charge in [0.15, 0.2) is 0 Å². The van der Waals surface area contributed by atoms with E-state index in [1.165, 1.54) is 12.1 Å². The minimum Gasteiger partial charge on any atom is -0.289 e. The number of hydrogen-bond donors (Lipinski definition) is 2. The van der Waals surface area contributed by atoms with E-state index in [0.29, 0.717) is 36.1 Å². The van der Waals surface area contributed by atoms with Crippen LogP contribution < -0.4 is 5.48 Å². The topological polar surface area (TPSA) is 62.2 Å². The molecule has 24 heavy (non-hydrogen) atoms. The fourth-order valence-electron chi connectivity index (χ4n) is 3.73. The molecule has 1 aromatic carbocycles. The Morgan fingerprint density at radius 2 is 2.12 bits per heavy atom. The van der Waals surface area contributed by atoms with Crippen LogP contribution in [0.1, 0.15) is 42.0 Å². The lowest BCUT2D eigenvalue weighted by Crippen LogP contribution is -2.42. The average molecular weight is 332 g/mol. The molecule has 2 N–H and O–H groups in total. The maximum absolute atomic E-state index is 14.0. The highest BCUT2D eigenvalue weighted by Crippen LogP contribution is 2.49. The SMILES string of the molecule is Cc1c(F)cccc1[C@]1(C(=O)NO)CCC(c2ccc(F)cn2)C1. The molecule has 4 nitrogen and oxygen atoms in total. The Kier molecular flexibility index (Phi) is 4.32. The van der Waals surface area contributed by atoms with Crippen molar-refractivity contribution in [2.45, 2.75) is 37.5 Å². The minimum absolute atomic E-state index is 0.0643. The second kappa shape index (κ2) is 6.28. The van der Waals surface area contributed by atoms with E-state index in [4.69, 9.17) is 0 Å². The van der Waals surface area contributed by atoms with Gasteiger partial charge in [-0.1, -0.05) is 12.1 Å². The van der Waals surface area contributed by atoms with Crippen molar-refractivity contribution in [2.75, 3.05) is 0 Å². The van der Waals surface area contributed by atoms with Crippen molar-refractivity contribution in [3.63, 3.8) is 0 Å². The Hall–Kier alpha value is -2.34. The molecule has 1 aromatic heterocycles. The van der Waals surface area contributed by atoms with Gasteiger partial charge in [-0.2, -0.15) is 0 Å². The summed E-state index contributed by atoms with van der Waals surface area (Å²) in [5.74, 6) is -1.43. The number of nitrogens with one attached hydrogen (secondary N) is 1. The van der Waals surface area contributed by atoms with Gasteiger partial charge in [0.2, 0.25) is 0 Å². The number of amides is 1. The first kappa shape index (κ1) is 16.5. The van der Waals surface area contributed by atoms with Gasteiger partial charge >= 0.3 is 0 Å². The molecular formula is C18H18F2N2O2. The van der Waals surface area contributed by atoms with E-state index in [9.17, 15) is 18.8 Å². The second-order valence-corrected chi connectivity index (χ2v) is 6.28. The second-order valence-electron chi connectivity index (χ2n) is 6.28. The van der Waals surface area contributed by atoms with Crippen molar-refractivity contribution in [2.24, 2.45) is 0 Å². The lowest BCUT2D eigenvalue weighted by molar-refractivity contribution is -0.135. The first-order valence-electron chi connectivity index (χ1n) is 7.79. The third-order valence-corrected chi connectivity index (χ3v) is 5.00. The zero-order valence-corrected chi connectivity index (χ0v) is 13.2. The van der Waals surface area contributed by atoms with Crippen molar-refractivity contribution < 1.29 is 18.8 Å². The number of halogens is 2. The standard InChI is InChI=1S/C18H18F2N2O2/c1-11-14(3-2-4-15(11)20)18(17(23)22-24)8-7-12(9-18)16-6-5-13(19)10-21-16/h2-6,10,12,24H,7-9H2,1H3,(H,22,23)/t12?,18-/m0/s1.